The van der Waals surface area contributed by atoms with Gasteiger partial charge in [-0.15, -0.1) is 0 Å². The first-order valence-electron chi connectivity index (χ1n) is 6.68. The predicted octanol–water partition coefficient (Wildman–Crippen LogP) is 3.16. The van der Waals surface area contributed by atoms with Gasteiger partial charge in [0.15, 0.2) is 0 Å². The molecule has 0 aliphatic heterocycles. The molecule has 0 spiro atoms. The van der Waals surface area contributed by atoms with Crippen molar-refractivity contribution >= 4 is 11.6 Å². The summed E-state index contributed by atoms with van der Waals surface area (Å²) in [7, 11) is 0. The lowest BCUT2D eigenvalue weighted by Gasteiger charge is -2.03. The minimum absolute atomic E-state index is 0.0656. The van der Waals surface area contributed by atoms with E-state index in [1.54, 1.807) is 0 Å². The van der Waals surface area contributed by atoms with Crippen molar-refractivity contribution in [2.45, 2.75) is 19.8 Å². The third kappa shape index (κ3) is 4.35. The number of rotatable bonds is 5. The van der Waals surface area contributed by atoms with Crippen LogP contribution >= 0.6 is 0 Å². The molecule has 0 saturated heterocycles. The molecule has 0 unspecified atom stereocenters. The fourth-order valence-electron chi connectivity index (χ4n) is 1.85. The molecule has 1 amide bonds. The van der Waals surface area contributed by atoms with Gasteiger partial charge in [-0.25, -0.2) is 5.43 Å². The molecule has 2 aromatic carbocycles. The van der Waals surface area contributed by atoms with Gasteiger partial charge in [-0.3, -0.25) is 4.79 Å². The SMILES string of the molecule is CC(=NNC(=O)CCc1ccccc1)c1ccccc1. The van der Waals surface area contributed by atoms with Crippen molar-refractivity contribution in [3.05, 3.63) is 71.8 Å². The van der Waals surface area contributed by atoms with Crippen LogP contribution in [0.25, 0.3) is 0 Å². The van der Waals surface area contributed by atoms with Crippen molar-refractivity contribution in [2.24, 2.45) is 5.10 Å². The topological polar surface area (TPSA) is 41.5 Å². The van der Waals surface area contributed by atoms with Gasteiger partial charge in [-0.1, -0.05) is 60.7 Å². The summed E-state index contributed by atoms with van der Waals surface area (Å²) in [5.41, 5.74) is 5.57. The second-order valence-corrected chi connectivity index (χ2v) is 4.58. The Bertz CT molecular complexity index is 576. The van der Waals surface area contributed by atoms with Gasteiger partial charge in [0.1, 0.15) is 0 Å². The molecule has 0 aliphatic rings. The summed E-state index contributed by atoms with van der Waals surface area (Å²) < 4.78 is 0. The molecular formula is C17H18N2O. The largest absolute Gasteiger partial charge is 0.273 e. The van der Waals surface area contributed by atoms with Gasteiger partial charge in [-0.05, 0) is 24.5 Å². The first-order valence-corrected chi connectivity index (χ1v) is 6.68. The highest BCUT2D eigenvalue weighted by molar-refractivity contribution is 5.99. The van der Waals surface area contributed by atoms with Crippen molar-refractivity contribution in [1.29, 1.82) is 0 Å². The first kappa shape index (κ1) is 14.0. The maximum Gasteiger partial charge on any atom is 0.240 e. The number of carbonyl (C=O) groups excluding carboxylic acids is 1. The van der Waals surface area contributed by atoms with E-state index in [9.17, 15) is 4.79 Å². The molecule has 1 N–H and O–H groups in total. The number of carbonyl (C=O) groups is 1. The molecule has 2 rings (SSSR count). The lowest BCUT2D eigenvalue weighted by molar-refractivity contribution is -0.121. The number of benzene rings is 2. The summed E-state index contributed by atoms with van der Waals surface area (Å²) in [5, 5.41) is 4.12. The van der Waals surface area contributed by atoms with Crippen LogP contribution in [0.3, 0.4) is 0 Å². The molecular weight excluding hydrogens is 248 g/mol. The second kappa shape index (κ2) is 7.24. The molecule has 102 valence electrons. The number of amides is 1. The highest BCUT2D eigenvalue weighted by Crippen LogP contribution is 2.03. The van der Waals surface area contributed by atoms with Crippen LogP contribution in [0.5, 0.6) is 0 Å². The molecule has 20 heavy (non-hydrogen) atoms. The monoisotopic (exact) mass is 266 g/mol. The van der Waals surface area contributed by atoms with E-state index in [0.717, 1.165) is 23.3 Å². The van der Waals surface area contributed by atoms with Crippen LogP contribution in [0.15, 0.2) is 65.8 Å². The van der Waals surface area contributed by atoms with Crippen LogP contribution in [0.2, 0.25) is 0 Å². The third-order valence-corrected chi connectivity index (χ3v) is 3.02. The number of nitrogens with zero attached hydrogens (tertiary/aromatic N) is 1. The Hall–Kier alpha value is -2.42. The molecule has 0 aromatic heterocycles. The third-order valence-electron chi connectivity index (χ3n) is 3.02. The van der Waals surface area contributed by atoms with E-state index >= 15 is 0 Å². The Labute approximate surface area is 119 Å². The summed E-state index contributed by atoms with van der Waals surface area (Å²) in [5.74, 6) is -0.0656. The van der Waals surface area contributed by atoms with Crippen LogP contribution in [0.1, 0.15) is 24.5 Å². The number of hydrazone groups is 1. The summed E-state index contributed by atoms with van der Waals surface area (Å²) in [4.78, 5) is 11.7. The zero-order chi connectivity index (χ0) is 14.2. The number of hydrogen-bond donors (Lipinski definition) is 1. The molecule has 0 heterocycles. The minimum atomic E-state index is -0.0656. The van der Waals surface area contributed by atoms with Crippen LogP contribution in [-0.2, 0) is 11.2 Å². The van der Waals surface area contributed by atoms with Crippen molar-refractivity contribution in [3.63, 3.8) is 0 Å². The van der Waals surface area contributed by atoms with E-state index in [-0.39, 0.29) is 5.91 Å². The van der Waals surface area contributed by atoms with E-state index in [4.69, 9.17) is 0 Å². The fourth-order valence-corrected chi connectivity index (χ4v) is 1.85. The van der Waals surface area contributed by atoms with Crippen molar-refractivity contribution < 1.29 is 4.79 Å². The average molecular weight is 266 g/mol. The highest BCUT2D eigenvalue weighted by Gasteiger charge is 2.02. The van der Waals surface area contributed by atoms with E-state index in [1.807, 2.05) is 67.6 Å². The second-order valence-electron chi connectivity index (χ2n) is 4.58. The van der Waals surface area contributed by atoms with Crippen molar-refractivity contribution in [3.8, 4) is 0 Å². The van der Waals surface area contributed by atoms with Crippen LogP contribution < -0.4 is 5.43 Å². The lowest BCUT2D eigenvalue weighted by Crippen LogP contribution is -2.19. The Morgan fingerprint density at radius 1 is 1.00 bits per heavy atom. The number of nitrogens with one attached hydrogen (secondary N) is 1. The van der Waals surface area contributed by atoms with Gasteiger partial charge < -0.3 is 0 Å². The van der Waals surface area contributed by atoms with Gasteiger partial charge in [-0.2, -0.15) is 5.10 Å². The number of hydrogen-bond acceptors (Lipinski definition) is 2. The molecule has 0 bridgehead atoms. The van der Waals surface area contributed by atoms with Crippen LogP contribution in [0, 0.1) is 0 Å². The van der Waals surface area contributed by atoms with E-state index in [2.05, 4.69) is 10.5 Å². The molecule has 2 aromatic rings. The maximum atomic E-state index is 11.7. The Morgan fingerprint density at radius 3 is 2.25 bits per heavy atom. The molecule has 0 atom stereocenters. The fraction of sp³-hybridized carbons (Fsp3) is 0.176. The average Bonchev–Trinajstić information content (AvgIpc) is 2.52. The van der Waals surface area contributed by atoms with Crippen molar-refractivity contribution in [1.82, 2.24) is 5.43 Å². The van der Waals surface area contributed by atoms with Crippen LogP contribution in [-0.4, -0.2) is 11.6 Å². The smallest absolute Gasteiger partial charge is 0.240 e. The van der Waals surface area contributed by atoms with E-state index in [1.165, 1.54) is 0 Å². The van der Waals surface area contributed by atoms with Gasteiger partial charge in [0, 0.05) is 6.42 Å². The molecule has 0 saturated carbocycles. The Morgan fingerprint density at radius 2 is 1.60 bits per heavy atom. The first-order chi connectivity index (χ1) is 9.75. The van der Waals surface area contributed by atoms with E-state index < -0.39 is 0 Å². The van der Waals surface area contributed by atoms with E-state index in [0.29, 0.717) is 6.42 Å². The molecule has 0 aliphatic carbocycles. The van der Waals surface area contributed by atoms with Crippen LogP contribution in [0.4, 0.5) is 0 Å². The summed E-state index contributed by atoms with van der Waals surface area (Å²) in [6, 6.07) is 19.8. The summed E-state index contributed by atoms with van der Waals surface area (Å²) in [6.45, 7) is 1.88. The lowest BCUT2D eigenvalue weighted by atomic mass is 10.1. The number of aryl methyl sites for hydroxylation is 1. The van der Waals surface area contributed by atoms with Gasteiger partial charge in [0.2, 0.25) is 5.91 Å². The Balaban J connectivity index is 1.83. The van der Waals surface area contributed by atoms with Gasteiger partial charge in [0.05, 0.1) is 5.71 Å². The predicted molar refractivity (Wildman–Crippen MR) is 81.6 cm³/mol. The van der Waals surface area contributed by atoms with Gasteiger partial charge >= 0.3 is 0 Å². The minimum Gasteiger partial charge on any atom is -0.273 e. The standard InChI is InChI=1S/C17H18N2O/c1-14(16-10-6-3-7-11-16)18-19-17(20)13-12-15-8-4-2-5-9-15/h2-11H,12-13H2,1H3,(H,19,20). The highest BCUT2D eigenvalue weighted by atomic mass is 16.2. The zero-order valence-corrected chi connectivity index (χ0v) is 11.5. The normalized spacial score (nSPS) is 11.2. The zero-order valence-electron chi connectivity index (χ0n) is 11.5. The summed E-state index contributed by atoms with van der Waals surface area (Å²) in [6.07, 6.45) is 1.17. The van der Waals surface area contributed by atoms with Gasteiger partial charge in [0.25, 0.3) is 0 Å². The van der Waals surface area contributed by atoms with Crippen molar-refractivity contribution in [2.75, 3.05) is 0 Å². The molecule has 0 radical (unpaired) electrons. The maximum absolute atomic E-state index is 11.7. The molecule has 3 nitrogen and oxygen atoms in total. The molecule has 3 heteroatoms. The summed E-state index contributed by atoms with van der Waals surface area (Å²) >= 11 is 0. The molecule has 0 fully saturated rings. The Kier molecular flexibility index (Phi) is 5.07. The quantitative estimate of drug-likeness (QED) is 0.655.